The minimum Gasteiger partial charge on any atom is -0.486 e. The number of nitrogens with zero attached hydrogens (tertiary/aromatic N) is 1. The van der Waals surface area contributed by atoms with Gasteiger partial charge in [0.25, 0.3) is 0 Å². The summed E-state index contributed by atoms with van der Waals surface area (Å²) >= 11 is 0. The van der Waals surface area contributed by atoms with Gasteiger partial charge in [-0.2, -0.15) is 13.2 Å². The van der Waals surface area contributed by atoms with Crippen LogP contribution in [0, 0.1) is 19.7 Å². The molecule has 1 N–H and O–H groups in total. The Labute approximate surface area is 175 Å². The summed E-state index contributed by atoms with van der Waals surface area (Å²) in [5.41, 5.74) is 0.877. The van der Waals surface area contributed by atoms with Crippen molar-refractivity contribution in [3.8, 4) is 17.2 Å². The van der Waals surface area contributed by atoms with Gasteiger partial charge < -0.3 is 14.3 Å². The molecule has 5 nitrogen and oxygen atoms in total. The Hall–Kier alpha value is -3.36. The summed E-state index contributed by atoms with van der Waals surface area (Å²) in [6.45, 7) is 3.48. The highest BCUT2D eigenvalue weighted by Gasteiger charge is 2.34. The van der Waals surface area contributed by atoms with Gasteiger partial charge in [-0.15, -0.1) is 0 Å². The average molecular weight is 437 g/mol. The van der Waals surface area contributed by atoms with Crippen LogP contribution in [0.5, 0.6) is 5.75 Å². The van der Waals surface area contributed by atoms with Crippen LogP contribution in [0.1, 0.15) is 34.6 Å². The summed E-state index contributed by atoms with van der Waals surface area (Å²) in [4.78, 5) is 14.9. The number of aryl methyl sites for hydroxylation is 3. The van der Waals surface area contributed by atoms with Crippen LogP contribution in [0.3, 0.4) is 0 Å². The molecule has 0 aliphatic rings. The second kappa shape index (κ2) is 8.79. The number of hydrogen-bond donors (Lipinski definition) is 1. The molecule has 0 bridgehead atoms. The van der Waals surface area contributed by atoms with E-state index in [-0.39, 0.29) is 24.5 Å². The summed E-state index contributed by atoms with van der Waals surface area (Å²) in [6, 6.07) is 7.85. The molecule has 164 valence electrons. The Balaban J connectivity index is 1.75. The topological polar surface area (TPSA) is 72.6 Å². The predicted octanol–water partition coefficient (Wildman–Crippen LogP) is 5.71. The van der Waals surface area contributed by atoms with Crippen molar-refractivity contribution in [3.63, 3.8) is 0 Å². The highest BCUT2D eigenvalue weighted by Crippen LogP contribution is 2.33. The van der Waals surface area contributed by atoms with Gasteiger partial charge in [0.2, 0.25) is 5.89 Å². The van der Waals surface area contributed by atoms with Crippen molar-refractivity contribution >= 4 is 5.97 Å². The van der Waals surface area contributed by atoms with E-state index in [1.165, 1.54) is 0 Å². The zero-order valence-corrected chi connectivity index (χ0v) is 16.7. The third kappa shape index (κ3) is 5.62. The Morgan fingerprint density at radius 1 is 1.16 bits per heavy atom. The Bertz CT molecular complexity index is 1110. The van der Waals surface area contributed by atoms with Crippen molar-refractivity contribution < 1.29 is 36.6 Å². The van der Waals surface area contributed by atoms with E-state index in [1.807, 2.05) is 13.0 Å². The molecule has 0 saturated heterocycles. The lowest BCUT2D eigenvalue weighted by molar-refractivity contribution is -0.140. The van der Waals surface area contributed by atoms with Gasteiger partial charge in [-0.05, 0) is 61.7 Å². The molecule has 31 heavy (non-hydrogen) atoms. The van der Waals surface area contributed by atoms with Crippen molar-refractivity contribution in [3.05, 3.63) is 70.4 Å². The van der Waals surface area contributed by atoms with E-state index >= 15 is 0 Å². The molecule has 2 aromatic carbocycles. The third-order valence-electron chi connectivity index (χ3n) is 4.52. The summed E-state index contributed by atoms with van der Waals surface area (Å²) in [6.07, 6.45) is -4.43. The molecular weight excluding hydrogens is 418 g/mol. The molecule has 0 radical (unpaired) electrons. The van der Waals surface area contributed by atoms with Gasteiger partial charge in [-0.3, -0.25) is 4.79 Å². The molecule has 3 aromatic rings. The van der Waals surface area contributed by atoms with E-state index in [1.54, 1.807) is 19.1 Å². The van der Waals surface area contributed by atoms with Crippen molar-refractivity contribution in [1.82, 2.24) is 4.98 Å². The van der Waals surface area contributed by atoms with Gasteiger partial charge in [-0.1, -0.05) is 6.07 Å². The minimum absolute atomic E-state index is 0.00282. The number of rotatable bonds is 7. The van der Waals surface area contributed by atoms with E-state index in [0.717, 1.165) is 23.3 Å². The quantitative estimate of drug-likeness (QED) is 0.479. The molecule has 0 fully saturated rings. The van der Waals surface area contributed by atoms with Crippen LogP contribution in [0.2, 0.25) is 0 Å². The fourth-order valence-corrected chi connectivity index (χ4v) is 3.02. The van der Waals surface area contributed by atoms with Gasteiger partial charge in [0.1, 0.15) is 18.2 Å². The number of carbonyl (C=O) groups is 1. The van der Waals surface area contributed by atoms with Gasteiger partial charge in [0, 0.05) is 12.0 Å². The van der Waals surface area contributed by atoms with Crippen LogP contribution >= 0.6 is 0 Å². The lowest BCUT2D eigenvalue weighted by atomic mass is 10.1. The number of ether oxygens (including phenoxy) is 1. The summed E-state index contributed by atoms with van der Waals surface area (Å²) < 4.78 is 63.4. The summed E-state index contributed by atoms with van der Waals surface area (Å²) in [5, 5.41) is 8.83. The van der Waals surface area contributed by atoms with E-state index in [9.17, 15) is 22.4 Å². The number of hydrogen-bond acceptors (Lipinski definition) is 4. The Morgan fingerprint density at radius 3 is 2.55 bits per heavy atom. The largest absolute Gasteiger partial charge is 0.486 e. The maximum absolute atomic E-state index is 13.8. The molecule has 9 heteroatoms. The standard InChI is InChI=1S/C22H19F4NO4/c1-12-7-14(3-6-20(28)29)9-16(8-12)30-11-19-13(2)27-21(31-19)15-4-5-17(18(23)10-15)22(24,25)26/h4-5,7-10H,3,6,11H2,1-2H3,(H,28,29). The van der Waals surface area contributed by atoms with E-state index in [4.69, 9.17) is 14.3 Å². The van der Waals surface area contributed by atoms with E-state index in [2.05, 4.69) is 4.98 Å². The van der Waals surface area contributed by atoms with Gasteiger partial charge in [0.05, 0.1) is 11.3 Å². The molecule has 0 unspecified atom stereocenters. The van der Waals surface area contributed by atoms with Crippen molar-refractivity contribution in [1.29, 1.82) is 0 Å². The molecule has 0 saturated carbocycles. The molecule has 0 atom stereocenters. The maximum atomic E-state index is 13.8. The number of aliphatic carboxylic acids is 1. The fraction of sp³-hybridized carbons (Fsp3) is 0.273. The molecule has 0 amide bonds. The van der Waals surface area contributed by atoms with Crippen molar-refractivity contribution in [2.75, 3.05) is 0 Å². The van der Waals surface area contributed by atoms with E-state index in [0.29, 0.717) is 29.7 Å². The zero-order chi connectivity index (χ0) is 22.8. The molecule has 0 aliphatic heterocycles. The summed E-state index contributed by atoms with van der Waals surface area (Å²) in [5.74, 6) is -1.47. The molecular formula is C22H19F4NO4. The third-order valence-corrected chi connectivity index (χ3v) is 4.52. The highest BCUT2D eigenvalue weighted by atomic mass is 19.4. The van der Waals surface area contributed by atoms with Gasteiger partial charge >= 0.3 is 12.1 Å². The molecule has 0 spiro atoms. The number of halogens is 4. The van der Waals surface area contributed by atoms with Gasteiger partial charge in [-0.25, -0.2) is 9.37 Å². The summed E-state index contributed by atoms with van der Waals surface area (Å²) in [7, 11) is 0. The fourth-order valence-electron chi connectivity index (χ4n) is 3.02. The van der Waals surface area contributed by atoms with Crippen LogP contribution in [0.15, 0.2) is 40.8 Å². The van der Waals surface area contributed by atoms with Crippen LogP contribution in [0.25, 0.3) is 11.5 Å². The number of carboxylic acid groups (broad SMARTS) is 1. The average Bonchev–Trinajstić information content (AvgIpc) is 3.04. The molecule has 3 rings (SSSR count). The lowest BCUT2D eigenvalue weighted by Gasteiger charge is -2.09. The van der Waals surface area contributed by atoms with Crippen molar-refractivity contribution in [2.24, 2.45) is 0 Å². The number of carboxylic acids is 1. The second-order valence-electron chi connectivity index (χ2n) is 7.06. The first-order chi connectivity index (χ1) is 14.5. The second-order valence-corrected chi connectivity index (χ2v) is 7.06. The first-order valence-corrected chi connectivity index (χ1v) is 9.31. The van der Waals surface area contributed by atoms with Crippen LogP contribution in [-0.2, 0) is 24.0 Å². The van der Waals surface area contributed by atoms with Crippen LogP contribution < -0.4 is 4.74 Å². The zero-order valence-electron chi connectivity index (χ0n) is 16.7. The first kappa shape index (κ1) is 22.3. The van der Waals surface area contributed by atoms with Crippen molar-refractivity contribution in [2.45, 2.75) is 39.5 Å². The Kier molecular flexibility index (Phi) is 6.33. The monoisotopic (exact) mass is 437 g/mol. The Morgan fingerprint density at radius 2 is 1.90 bits per heavy atom. The SMILES string of the molecule is Cc1cc(CCC(=O)O)cc(OCc2oc(-c3ccc(C(F)(F)F)c(F)c3)nc2C)c1. The normalized spacial score (nSPS) is 11.5. The van der Waals surface area contributed by atoms with E-state index < -0.39 is 23.5 Å². The molecule has 1 aromatic heterocycles. The predicted molar refractivity (Wildman–Crippen MR) is 103 cm³/mol. The molecule has 0 aliphatic carbocycles. The number of alkyl halides is 3. The van der Waals surface area contributed by atoms with Crippen LogP contribution in [0.4, 0.5) is 17.6 Å². The van der Waals surface area contributed by atoms with Gasteiger partial charge in [0.15, 0.2) is 5.76 Å². The number of aromatic nitrogens is 1. The van der Waals surface area contributed by atoms with Crippen LogP contribution in [-0.4, -0.2) is 16.1 Å². The number of oxazole rings is 1. The number of benzene rings is 2. The smallest absolute Gasteiger partial charge is 0.419 e. The minimum atomic E-state index is -4.79. The first-order valence-electron chi connectivity index (χ1n) is 9.31. The maximum Gasteiger partial charge on any atom is 0.419 e. The molecule has 1 heterocycles. The lowest BCUT2D eigenvalue weighted by Crippen LogP contribution is -2.07. The highest BCUT2D eigenvalue weighted by molar-refractivity contribution is 5.67.